The molecule has 4 rings (SSSR count). The summed E-state index contributed by atoms with van der Waals surface area (Å²) in [4.78, 5) is 19.2. The van der Waals surface area contributed by atoms with Crippen LogP contribution in [0.15, 0.2) is 67.1 Å². The van der Waals surface area contributed by atoms with E-state index in [1.54, 1.807) is 6.20 Å². The SMILES string of the molecule is Cc1ccc(NC(=O)CCN2C(=S)N[C@H](c3ccccn3)[C@@H]2c2ccn(C)c2)cc1. The molecule has 1 aliphatic heterocycles. The lowest BCUT2D eigenvalue weighted by Crippen LogP contribution is -2.32. The maximum absolute atomic E-state index is 12.5. The lowest BCUT2D eigenvalue weighted by molar-refractivity contribution is -0.116. The van der Waals surface area contributed by atoms with Crippen LogP contribution >= 0.6 is 12.2 Å². The number of nitrogens with one attached hydrogen (secondary N) is 2. The molecule has 7 heteroatoms. The first-order valence-electron chi connectivity index (χ1n) is 9.98. The van der Waals surface area contributed by atoms with Gasteiger partial charge in [0.25, 0.3) is 0 Å². The summed E-state index contributed by atoms with van der Waals surface area (Å²) >= 11 is 5.65. The van der Waals surface area contributed by atoms with Gasteiger partial charge in [0.05, 0.1) is 17.8 Å². The number of pyridine rings is 1. The van der Waals surface area contributed by atoms with Crippen molar-refractivity contribution in [1.29, 1.82) is 0 Å². The molecule has 3 aromatic rings. The molecule has 0 bridgehead atoms. The minimum absolute atomic E-state index is 0.0271. The Morgan fingerprint density at radius 1 is 1.20 bits per heavy atom. The molecule has 154 valence electrons. The predicted octanol–water partition coefficient (Wildman–Crippen LogP) is 3.73. The Morgan fingerprint density at radius 2 is 2.00 bits per heavy atom. The van der Waals surface area contributed by atoms with E-state index >= 15 is 0 Å². The molecule has 2 atom stereocenters. The Bertz CT molecular complexity index is 1030. The molecule has 1 saturated heterocycles. The first-order valence-corrected chi connectivity index (χ1v) is 10.4. The monoisotopic (exact) mass is 419 g/mol. The summed E-state index contributed by atoms with van der Waals surface area (Å²) in [7, 11) is 2.00. The second kappa shape index (κ2) is 8.67. The maximum Gasteiger partial charge on any atom is 0.226 e. The van der Waals surface area contributed by atoms with Crippen LogP contribution < -0.4 is 10.6 Å². The molecule has 1 aliphatic rings. The molecule has 2 N–H and O–H groups in total. The third-order valence-electron chi connectivity index (χ3n) is 5.31. The van der Waals surface area contributed by atoms with Gasteiger partial charge in [0, 0.05) is 44.3 Å². The van der Waals surface area contributed by atoms with E-state index in [0.29, 0.717) is 18.1 Å². The zero-order valence-corrected chi connectivity index (χ0v) is 17.9. The molecule has 30 heavy (non-hydrogen) atoms. The van der Waals surface area contributed by atoms with E-state index in [-0.39, 0.29) is 18.0 Å². The van der Waals surface area contributed by atoms with Crippen LogP contribution in [0.2, 0.25) is 0 Å². The van der Waals surface area contributed by atoms with Crippen molar-refractivity contribution in [3.05, 3.63) is 83.9 Å². The number of nitrogens with zero attached hydrogens (tertiary/aromatic N) is 3. The van der Waals surface area contributed by atoms with E-state index in [9.17, 15) is 4.79 Å². The van der Waals surface area contributed by atoms with Gasteiger partial charge in [-0.25, -0.2) is 0 Å². The number of rotatable bonds is 6. The first-order chi connectivity index (χ1) is 14.5. The van der Waals surface area contributed by atoms with Gasteiger partial charge in [-0.3, -0.25) is 9.78 Å². The average Bonchev–Trinajstić information content (AvgIpc) is 3.31. The van der Waals surface area contributed by atoms with Crippen LogP contribution in [0, 0.1) is 6.92 Å². The van der Waals surface area contributed by atoms with Crippen LogP contribution in [0.25, 0.3) is 0 Å². The van der Waals surface area contributed by atoms with Crippen LogP contribution in [-0.4, -0.2) is 32.0 Å². The highest BCUT2D eigenvalue weighted by Crippen LogP contribution is 2.38. The third-order valence-corrected chi connectivity index (χ3v) is 5.66. The molecule has 0 aliphatic carbocycles. The molecule has 1 aromatic carbocycles. The fraction of sp³-hybridized carbons (Fsp3) is 0.261. The summed E-state index contributed by atoms with van der Waals surface area (Å²) in [6.07, 6.45) is 6.25. The Morgan fingerprint density at radius 3 is 2.67 bits per heavy atom. The van der Waals surface area contributed by atoms with E-state index in [4.69, 9.17) is 12.2 Å². The molecular weight excluding hydrogens is 394 g/mol. The van der Waals surface area contributed by atoms with Crippen LogP contribution in [0.4, 0.5) is 5.69 Å². The molecule has 2 aromatic heterocycles. The molecule has 0 spiro atoms. The molecule has 3 heterocycles. The molecule has 0 unspecified atom stereocenters. The normalized spacial score (nSPS) is 18.3. The minimum Gasteiger partial charge on any atom is -0.357 e. The van der Waals surface area contributed by atoms with Crippen molar-refractivity contribution in [1.82, 2.24) is 19.8 Å². The molecule has 1 fully saturated rings. The lowest BCUT2D eigenvalue weighted by atomic mass is 9.99. The van der Waals surface area contributed by atoms with E-state index < -0.39 is 0 Å². The van der Waals surface area contributed by atoms with Crippen LogP contribution in [0.5, 0.6) is 0 Å². The summed E-state index contributed by atoms with van der Waals surface area (Å²) in [5.74, 6) is -0.0326. The fourth-order valence-corrected chi connectivity index (χ4v) is 4.12. The number of hydrogen-bond donors (Lipinski definition) is 2. The van der Waals surface area contributed by atoms with Crippen molar-refractivity contribution >= 4 is 28.9 Å². The minimum atomic E-state index is -0.0683. The molecule has 1 amide bonds. The van der Waals surface area contributed by atoms with E-state index in [2.05, 4.69) is 32.8 Å². The highest BCUT2D eigenvalue weighted by atomic mass is 32.1. The van der Waals surface area contributed by atoms with Crippen molar-refractivity contribution in [3.63, 3.8) is 0 Å². The fourth-order valence-electron chi connectivity index (χ4n) is 3.79. The van der Waals surface area contributed by atoms with Crippen LogP contribution in [-0.2, 0) is 11.8 Å². The van der Waals surface area contributed by atoms with Crippen molar-refractivity contribution in [2.75, 3.05) is 11.9 Å². The summed E-state index contributed by atoms with van der Waals surface area (Å²) in [5, 5.41) is 7.02. The number of hydrogen-bond acceptors (Lipinski definition) is 3. The summed E-state index contributed by atoms with van der Waals surface area (Å²) < 4.78 is 2.02. The Labute approximate surface area is 181 Å². The van der Waals surface area contributed by atoms with Crippen molar-refractivity contribution in [3.8, 4) is 0 Å². The number of carbonyl (C=O) groups excluding carboxylic acids is 1. The van der Waals surface area contributed by atoms with E-state index in [0.717, 1.165) is 22.5 Å². The first kappa shape index (κ1) is 20.1. The molecule has 0 radical (unpaired) electrons. The van der Waals surface area contributed by atoms with Crippen molar-refractivity contribution in [2.24, 2.45) is 7.05 Å². The molecule has 6 nitrogen and oxygen atoms in total. The van der Waals surface area contributed by atoms with E-state index in [1.807, 2.05) is 67.2 Å². The Balaban J connectivity index is 1.51. The van der Waals surface area contributed by atoms with Gasteiger partial charge >= 0.3 is 0 Å². The third kappa shape index (κ3) is 4.36. The highest BCUT2D eigenvalue weighted by molar-refractivity contribution is 7.80. The summed E-state index contributed by atoms with van der Waals surface area (Å²) in [5.41, 5.74) is 4.03. The van der Waals surface area contributed by atoms with Gasteiger partial charge in [-0.05, 0) is 55.0 Å². The van der Waals surface area contributed by atoms with Gasteiger partial charge in [0.1, 0.15) is 0 Å². The second-order valence-corrected chi connectivity index (χ2v) is 7.98. The Hall–Kier alpha value is -3.19. The van der Waals surface area contributed by atoms with Crippen molar-refractivity contribution in [2.45, 2.75) is 25.4 Å². The van der Waals surface area contributed by atoms with Crippen molar-refractivity contribution < 1.29 is 4.79 Å². The zero-order valence-electron chi connectivity index (χ0n) is 17.1. The highest BCUT2D eigenvalue weighted by Gasteiger charge is 2.40. The van der Waals surface area contributed by atoms with Gasteiger partial charge < -0.3 is 20.1 Å². The van der Waals surface area contributed by atoms with Crippen LogP contribution in [0.1, 0.15) is 35.3 Å². The molecule has 0 saturated carbocycles. The van der Waals surface area contributed by atoms with Gasteiger partial charge in [-0.2, -0.15) is 0 Å². The van der Waals surface area contributed by atoms with E-state index in [1.165, 1.54) is 0 Å². The largest absolute Gasteiger partial charge is 0.357 e. The number of benzene rings is 1. The number of carbonyl (C=O) groups is 1. The quantitative estimate of drug-likeness (QED) is 0.596. The average molecular weight is 420 g/mol. The summed E-state index contributed by atoms with van der Waals surface area (Å²) in [6, 6.07) is 15.7. The number of anilines is 1. The predicted molar refractivity (Wildman–Crippen MR) is 122 cm³/mol. The number of thiocarbonyl (C=S) groups is 1. The lowest BCUT2D eigenvalue weighted by Gasteiger charge is -2.27. The standard InChI is InChI=1S/C23H25N5OS/c1-16-6-8-18(9-7-16)25-20(29)11-14-28-22(17-10-13-27(2)15-17)21(26-23(28)30)19-5-3-4-12-24-19/h3-10,12-13,15,21-22H,11,14H2,1-2H3,(H,25,29)(H,26,30)/t21-,22+/m1/s1. The number of aryl methyl sites for hydroxylation is 2. The topological polar surface area (TPSA) is 62.2 Å². The second-order valence-electron chi connectivity index (χ2n) is 7.59. The zero-order chi connectivity index (χ0) is 21.1. The van der Waals surface area contributed by atoms with Gasteiger partial charge in [0.15, 0.2) is 5.11 Å². The van der Waals surface area contributed by atoms with Gasteiger partial charge in [-0.1, -0.05) is 23.8 Å². The number of aromatic nitrogens is 2. The maximum atomic E-state index is 12.5. The Kier molecular flexibility index (Phi) is 5.81. The summed E-state index contributed by atoms with van der Waals surface area (Å²) in [6.45, 7) is 2.54. The molecular formula is C23H25N5OS. The van der Waals surface area contributed by atoms with Gasteiger partial charge in [0.2, 0.25) is 5.91 Å². The smallest absolute Gasteiger partial charge is 0.226 e. The van der Waals surface area contributed by atoms with Crippen LogP contribution in [0.3, 0.4) is 0 Å². The number of amides is 1. The van der Waals surface area contributed by atoms with Gasteiger partial charge in [-0.15, -0.1) is 0 Å².